The highest BCUT2D eigenvalue weighted by Crippen LogP contribution is 2.31. The van der Waals surface area contributed by atoms with Crippen LogP contribution in [0.1, 0.15) is 17.5 Å². The second-order valence-corrected chi connectivity index (χ2v) is 8.51. The standard InChI is InChI=1S/C22H23Cl2N3O2/c1-14-3-6-19(15(2)11-14)27-21(28)13-20(22(27)29)26-9-7-25(8-10-26)16-4-5-17(23)18(24)12-16/h3-6,11-12,20H,7-10,13H2,1-2H3/t20-/m1/s1. The number of carbonyl (C=O) groups is 2. The molecule has 0 radical (unpaired) electrons. The van der Waals surface area contributed by atoms with Crippen molar-refractivity contribution in [1.29, 1.82) is 0 Å². The maximum atomic E-state index is 13.1. The van der Waals surface area contributed by atoms with E-state index in [1.807, 2.05) is 44.2 Å². The van der Waals surface area contributed by atoms with Crippen LogP contribution >= 0.6 is 23.2 Å². The number of rotatable bonds is 3. The Morgan fingerprint density at radius 1 is 0.897 bits per heavy atom. The van der Waals surface area contributed by atoms with Crippen LogP contribution in [-0.4, -0.2) is 48.9 Å². The summed E-state index contributed by atoms with van der Waals surface area (Å²) in [6, 6.07) is 11.0. The first-order valence-corrected chi connectivity index (χ1v) is 10.5. The molecule has 1 atom stereocenters. The van der Waals surface area contributed by atoms with E-state index >= 15 is 0 Å². The lowest BCUT2D eigenvalue weighted by atomic mass is 10.1. The smallest absolute Gasteiger partial charge is 0.251 e. The summed E-state index contributed by atoms with van der Waals surface area (Å²) in [5, 5.41) is 1.07. The van der Waals surface area contributed by atoms with Gasteiger partial charge in [-0.05, 0) is 43.7 Å². The normalized spacial score (nSPS) is 20.6. The van der Waals surface area contributed by atoms with E-state index < -0.39 is 0 Å². The van der Waals surface area contributed by atoms with Crippen molar-refractivity contribution >= 4 is 46.4 Å². The average Bonchev–Trinajstić information content (AvgIpc) is 2.99. The average molecular weight is 432 g/mol. The molecule has 0 aromatic heterocycles. The van der Waals surface area contributed by atoms with Crippen LogP contribution in [0.2, 0.25) is 10.0 Å². The molecule has 0 spiro atoms. The molecule has 2 aromatic carbocycles. The van der Waals surface area contributed by atoms with Crippen molar-refractivity contribution in [2.45, 2.75) is 26.3 Å². The van der Waals surface area contributed by atoms with E-state index in [2.05, 4.69) is 9.80 Å². The fourth-order valence-electron chi connectivity index (χ4n) is 4.18. The van der Waals surface area contributed by atoms with Crippen molar-refractivity contribution in [2.75, 3.05) is 36.0 Å². The molecule has 5 nitrogen and oxygen atoms in total. The lowest BCUT2D eigenvalue weighted by Crippen LogP contribution is -2.52. The van der Waals surface area contributed by atoms with E-state index in [1.165, 1.54) is 4.90 Å². The maximum absolute atomic E-state index is 13.1. The van der Waals surface area contributed by atoms with Gasteiger partial charge in [0.1, 0.15) is 0 Å². The van der Waals surface area contributed by atoms with Gasteiger partial charge in [0.05, 0.1) is 28.2 Å². The highest BCUT2D eigenvalue weighted by molar-refractivity contribution is 6.42. The molecule has 2 fully saturated rings. The molecule has 7 heteroatoms. The van der Waals surface area contributed by atoms with Gasteiger partial charge in [0.15, 0.2) is 0 Å². The molecule has 0 unspecified atom stereocenters. The van der Waals surface area contributed by atoms with Crippen LogP contribution in [0.25, 0.3) is 0 Å². The van der Waals surface area contributed by atoms with Crippen LogP contribution in [0.3, 0.4) is 0 Å². The van der Waals surface area contributed by atoms with Crippen molar-refractivity contribution in [3.8, 4) is 0 Å². The van der Waals surface area contributed by atoms with E-state index in [1.54, 1.807) is 6.07 Å². The number of amides is 2. The first-order chi connectivity index (χ1) is 13.8. The lowest BCUT2D eigenvalue weighted by molar-refractivity contribution is -0.123. The first-order valence-electron chi connectivity index (χ1n) is 9.73. The SMILES string of the molecule is Cc1ccc(N2C(=O)C[C@@H](N3CCN(c4ccc(Cl)c(Cl)c4)CC3)C2=O)c(C)c1. The van der Waals surface area contributed by atoms with Crippen LogP contribution < -0.4 is 9.80 Å². The third-order valence-electron chi connectivity index (χ3n) is 5.74. The summed E-state index contributed by atoms with van der Waals surface area (Å²) in [4.78, 5) is 31.5. The Morgan fingerprint density at radius 2 is 1.62 bits per heavy atom. The van der Waals surface area contributed by atoms with Crippen molar-refractivity contribution in [3.63, 3.8) is 0 Å². The summed E-state index contributed by atoms with van der Waals surface area (Å²) >= 11 is 12.2. The summed E-state index contributed by atoms with van der Waals surface area (Å²) in [7, 11) is 0. The van der Waals surface area contributed by atoms with Gasteiger partial charge in [-0.1, -0.05) is 40.9 Å². The fraction of sp³-hybridized carbons (Fsp3) is 0.364. The minimum atomic E-state index is -0.390. The molecule has 2 aliphatic rings. The van der Waals surface area contributed by atoms with Crippen LogP contribution in [-0.2, 0) is 9.59 Å². The number of carbonyl (C=O) groups excluding carboxylic acids is 2. The summed E-state index contributed by atoms with van der Waals surface area (Å²) in [6.45, 7) is 6.89. The third-order valence-corrected chi connectivity index (χ3v) is 6.48. The van der Waals surface area contributed by atoms with Gasteiger partial charge in [0, 0.05) is 31.9 Å². The highest BCUT2D eigenvalue weighted by Gasteiger charge is 2.43. The Hall–Kier alpha value is -2.08. The summed E-state index contributed by atoms with van der Waals surface area (Å²) in [6.07, 6.45) is 0.235. The van der Waals surface area contributed by atoms with E-state index in [-0.39, 0.29) is 24.3 Å². The number of halogens is 2. The van der Waals surface area contributed by atoms with Crippen LogP contribution in [0.5, 0.6) is 0 Å². The van der Waals surface area contributed by atoms with Crippen molar-refractivity contribution in [2.24, 2.45) is 0 Å². The summed E-state index contributed by atoms with van der Waals surface area (Å²) in [5.41, 5.74) is 3.77. The van der Waals surface area contributed by atoms with E-state index in [0.29, 0.717) is 28.8 Å². The van der Waals surface area contributed by atoms with E-state index in [4.69, 9.17) is 23.2 Å². The number of anilines is 2. The van der Waals surface area contributed by atoms with Gasteiger partial charge in [-0.3, -0.25) is 14.5 Å². The Morgan fingerprint density at radius 3 is 2.28 bits per heavy atom. The van der Waals surface area contributed by atoms with Gasteiger partial charge >= 0.3 is 0 Å². The molecule has 0 bridgehead atoms. The van der Waals surface area contributed by atoms with E-state index in [0.717, 1.165) is 29.9 Å². The number of benzene rings is 2. The first kappa shape index (κ1) is 20.2. The molecule has 0 aliphatic carbocycles. The largest absolute Gasteiger partial charge is 0.369 e. The molecule has 152 valence electrons. The van der Waals surface area contributed by atoms with Gasteiger partial charge in [-0.2, -0.15) is 0 Å². The molecule has 2 aliphatic heterocycles. The molecule has 2 heterocycles. The van der Waals surface area contributed by atoms with Gasteiger partial charge in [0.2, 0.25) is 5.91 Å². The van der Waals surface area contributed by atoms with Crippen molar-refractivity contribution in [1.82, 2.24) is 4.90 Å². The molecule has 29 heavy (non-hydrogen) atoms. The molecule has 0 saturated carbocycles. The number of piperazine rings is 1. The summed E-state index contributed by atoms with van der Waals surface area (Å²) in [5.74, 6) is -0.246. The topological polar surface area (TPSA) is 43.9 Å². The minimum Gasteiger partial charge on any atom is -0.369 e. The van der Waals surface area contributed by atoms with Gasteiger partial charge < -0.3 is 4.90 Å². The molecule has 0 N–H and O–H groups in total. The highest BCUT2D eigenvalue weighted by atomic mass is 35.5. The van der Waals surface area contributed by atoms with Gasteiger partial charge in [-0.15, -0.1) is 0 Å². The number of imide groups is 1. The van der Waals surface area contributed by atoms with Gasteiger partial charge in [0.25, 0.3) is 5.91 Å². The maximum Gasteiger partial charge on any atom is 0.251 e. The van der Waals surface area contributed by atoms with Crippen molar-refractivity contribution in [3.05, 3.63) is 57.6 Å². The monoisotopic (exact) mass is 431 g/mol. The zero-order valence-corrected chi connectivity index (χ0v) is 18.0. The number of aryl methyl sites for hydroxylation is 2. The molecule has 2 saturated heterocycles. The molecule has 2 aromatic rings. The van der Waals surface area contributed by atoms with E-state index in [9.17, 15) is 9.59 Å². The third kappa shape index (κ3) is 3.87. The number of hydrogen-bond acceptors (Lipinski definition) is 4. The zero-order chi connectivity index (χ0) is 20.7. The molecule has 2 amide bonds. The fourth-order valence-corrected chi connectivity index (χ4v) is 4.48. The van der Waals surface area contributed by atoms with Crippen molar-refractivity contribution < 1.29 is 9.59 Å². The molecular weight excluding hydrogens is 409 g/mol. The van der Waals surface area contributed by atoms with Crippen LogP contribution in [0, 0.1) is 13.8 Å². The molecule has 4 rings (SSSR count). The Kier molecular flexibility index (Phi) is 5.56. The predicted octanol–water partition coefficient (Wildman–Crippen LogP) is 4.06. The predicted molar refractivity (Wildman–Crippen MR) is 117 cm³/mol. The second-order valence-electron chi connectivity index (χ2n) is 7.70. The lowest BCUT2D eigenvalue weighted by Gasteiger charge is -2.38. The quantitative estimate of drug-likeness (QED) is 0.687. The van der Waals surface area contributed by atoms with Crippen LogP contribution in [0.15, 0.2) is 36.4 Å². The van der Waals surface area contributed by atoms with Crippen LogP contribution in [0.4, 0.5) is 11.4 Å². The minimum absolute atomic E-state index is 0.120. The Labute approximate surface area is 180 Å². The zero-order valence-electron chi connectivity index (χ0n) is 16.5. The molecular formula is C22H23Cl2N3O2. The number of hydrogen-bond donors (Lipinski definition) is 0. The Bertz CT molecular complexity index is 971. The number of nitrogens with zero attached hydrogens (tertiary/aromatic N) is 3. The van der Waals surface area contributed by atoms with Gasteiger partial charge in [-0.25, -0.2) is 4.90 Å². The second kappa shape index (κ2) is 7.98. The Balaban J connectivity index is 1.45. The summed E-state index contributed by atoms with van der Waals surface area (Å²) < 4.78 is 0.